The average Bonchev–Trinajstić information content (AvgIpc) is 3.18. The summed E-state index contributed by atoms with van der Waals surface area (Å²) in [5.41, 5.74) is 1.04. The number of anilines is 1. The highest BCUT2D eigenvalue weighted by molar-refractivity contribution is 5.92. The van der Waals surface area contributed by atoms with Gasteiger partial charge in [0.05, 0.1) is 12.6 Å². The maximum Gasteiger partial charge on any atom is 0.238 e. The molecule has 0 aliphatic carbocycles. The molecule has 0 saturated carbocycles. The second kappa shape index (κ2) is 9.28. The Kier molecular flexibility index (Phi) is 6.79. The number of nitrogens with one attached hydrogen (secondary N) is 3. The van der Waals surface area contributed by atoms with Crippen molar-refractivity contribution in [2.45, 2.75) is 38.6 Å². The molecule has 27 heavy (non-hydrogen) atoms. The second-order valence-electron chi connectivity index (χ2n) is 7.65. The fraction of sp³-hybridized carbons (Fsp3) is 0.600. The number of halogens is 1. The summed E-state index contributed by atoms with van der Waals surface area (Å²) in [5, 5.41) is 9.02. The van der Waals surface area contributed by atoms with Crippen LogP contribution in [0.15, 0.2) is 18.2 Å². The van der Waals surface area contributed by atoms with Crippen LogP contribution in [0.5, 0.6) is 0 Å². The van der Waals surface area contributed by atoms with Gasteiger partial charge in [-0.1, -0.05) is 6.07 Å². The van der Waals surface area contributed by atoms with E-state index in [1.165, 1.54) is 6.07 Å². The number of amides is 2. The van der Waals surface area contributed by atoms with E-state index in [9.17, 15) is 14.0 Å². The minimum Gasteiger partial charge on any atom is -0.354 e. The molecular weight excluding hydrogens is 347 g/mol. The molecule has 2 amide bonds. The van der Waals surface area contributed by atoms with Crippen molar-refractivity contribution in [1.29, 1.82) is 0 Å². The molecule has 2 saturated heterocycles. The van der Waals surface area contributed by atoms with Crippen LogP contribution in [0.2, 0.25) is 0 Å². The first-order valence-corrected chi connectivity index (χ1v) is 9.80. The molecule has 1 aromatic rings. The zero-order chi connectivity index (χ0) is 19.2. The summed E-state index contributed by atoms with van der Waals surface area (Å²) < 4.78 is 13.6. The van der Waals surface area contributed by atoms with Crippen LogP contribution >= 0.6 is 0 Å². The first-order chi connectivity index (χ1) is 13.0. The van der Waals surface area contributed by atoms with Gasteiger partial charge < -0.3 is 16.0 Å². The minimum absolute atomic E-state index is 0.0506. The Balaban J connectivity index is 1.42. The lowest BCUT2D eigenvalue weighted by molar-refractivity contribution is -0.123. The minimum atomic E-state index is -0.321. The largest absolute Gasteiger partial charge is 0.354 e. The van der Waals surface area contributed by atoms with E-state index < -0.39 is 0 Å². The van der Waals surface area contributed by atoms with Gasteiger partial charge in [-0.2, -0.15) is 0 Å². The standard InChI is InChI=1S/C20H29FN4O2/c1-14-6-7-16(10-17(14)21)24-19(26)13-25-9-3-4-15(12-25)11-23-20(27)18-5-2-8-22-18/h6-7,10,15,18,22H,2-5,8-9,11-13H2,1H3,(H,23,27)(H,24,26). The number of hydrogen-bond acceptors (Lipinski definition) is 4. The summed E-state index contributed by atoms with van der Waals surface area (Å²) >= 11 is 0. The fourth-order valence-electron chi connectivity index (χ4n) is 3.81. The van der Waals surface area contributed by atoms with Crippen molar-refractivity contribution in [3.05, 3.63) is 29.6 Å². The predicted octanol–water partition coefficient (Wildman–Crippen LogP) is 1.65. The van der Waals surface area contributed by atoms with Gasteiger partial charge in [-0.15, -0.1) is 0 Å². The number of piperidine rings is 1. The molecule has 2 aliphatic rings. The molecule has 0 aromatic heterocycles. The summed E-state index contributed by atoms with van der Waals surface area (Å²) in [7, 11) is 0. The van der Waals surface area contributed by atoms with Crippen LogP contribution in [0.3, 0.4) is 0 Å². The third kappa shape index (κ3) is 5.74. The average molecular weight is 376 g/mol. The van der Waals surface area contributed by atoms with Gasteiger partial charge in [0, 0.05) is 18.8 Å². The molecule has 1 aromatic carbocycles. The van der Waals surface area contributed by atoms with Gasteiger partial charge >= 0.3 is 0 Å². The van der Waals surface area contributed by atoms with Crippen molar-refractivity contribution in [2.24, 2.45) is 5.92 Å². The smallest absolute Gasteiger partial charge is 0.238 e. The molecule has 2 fully saturated rings. The predicted molar refractivity (Wildman–Crippen MR) is 103 cm³/mol. The maximum absolute atomic E-state index is 13.6. The van der Waals surface area contributed by atoms with Crippen LogP contribution in [-0.2, 0) is 9.59 Å². The Morgan fingerprint density at radius 1 is 1.30 bits per heavy atom. The summed E-state index contributed by atoms with van der Waals surface area (Å²) in [6.07, 6.45) is 4.02. The molecule has 6 nitrogen and oxygen atoms in total. The summed E-state index contributed by atoms with van der Waals surface area (Å²) in [6.45, 7) is 5.19. The molecule has 2 aliphatic heterocycles. The summed E-state index contributed by atoms with van der Waals surface area (Å²) in [6, 6.07) is 4.66. The zero-order valence-corrected chi connectivity index (χ0v) is 15.9. The van der Waals surface area contributed by atoms with Gasteiger partial charge in [0.2, 0.25) is 11.8 Å². The third-order valence-electron chi connectivity index (χ3n) is 5.37. The first kappa shape index (κ1) is 19.8. The van der Waals surface area contributed by atoms with Crippen LogP contribution < -0.4 is 16.0 Å². The number of likely N-dealkylation sites (tertiary alicyclic amines) is 1. The number of aryl methyl sites for hydroxylation is 1. The van der Waals surface area contributed by atoms with E-state index in [1.807, 2.05) is 0 Å². The molecule has 2 unspecified atom stereocenters. The number of carbonyl (C=O) groups excluding carboxylic acids is 2. The molecule has 148 valence electrons. The Labute approximate surface area is 159 Å². The van der Waals surface area contributed by atoms with Gasteiger partial charge in [-0.25, -0.2) is 4.39 Å². The third-order valence-corrected chi connectivity index (χ3v) is 5.37. The van der Waals surface area contributed by atoms with E-state index in [4.69, 9.17) is 0 Å². The van der Waals surface area contributed by atoms with Crippen molar-refractivity contribution in [1.82, 2.24) is 15.5 Å². The van der Waals surface area contributed by atoms with Crippen molar-refractivity contribution < 1.29 is 14.0 Å². The number of hydrogen-bond donors (Lipinski definition) is 3. The molecule has 2 atom stereocenters. The van der Waals surface area contributed by atoms with Gasteiger partial charge in [0.1, 0.15) is 5.82 Å². The Bertz CT molecular complexity index is 676. The molecule has 0 spiro atoms. The van der Waals surface area contributed by atoms with Gasteiger partial charge in [0.25, 0.3) is 0 Å². The van der Waals surface area contributed by atoms with E-state index >= 15 is 0 Å². The SMILES string of the molecule is Cc1ccc(NC(=O)CN2CCCC(CNC(=O)C3CCCN3)C2)cc1F. The Morgan fingerprint density at radius 2 is 2.15 bits per heavy atom. The van der Waals surface area contributed by atoms with E-state index in [2.05, 4.69) is 20.9 Å². The molecule has 3 N–H and O–H groups in total. The number of rotatable bonds is 6. The van der Waals surface area contributed by atoms with Crippen LogP contribution in [-0.4, -0.2) is 55.5 Å². The molecule has 7 heteroatoms. The lowest BCUT2D eigenvalue weighted by Gasteiger charge is -2.32. The number of carbonyl (C=O) groups is 2. The topological polar surface area (TPSA) is 73.5 Å². The van der Waals surface area contributed by atoms with Crippen LogP contribution in [0, 0.1) is 18.7 Å². The van der Waals surface area contributed by atoms with E-state index in [-0.39, 0.29) is 30.2 Å². The normalized spacial score (nSPS) is 23.2. The highest BCUT2D eigenvalue weighted by Crippen LogP contribution is 2.17. The van der Waals surface area contributed by atoms with Crippen molar-refractivity contribution in [2.75, 3.05) is 38.0 Å². The Morgan fingerprint density at radius 3 is 2.89 bits per heavy atom. The molecule has 3 rings (SSSR count). The molecular formula is C20H29FN4O2. The van der Waals surface area contributed by atoms with Crippen molar-refractivity contribution in [3.63, 3.8) is 0 Å². The zero-order valence-electron chi connectivity index (χ0n) is 15.9. The van der Waals surface area contributed by atoms with Crippen LogP contribution in [0.25, 0.3) is 0 Å². The first-order valence-electron chi connectivity index (χ1n) is 9.80. The van der Waals surface area contributed by atoms with Gasteiger partial charge in [-0.3, -0.25) is 14.5 Å². The monoisotopic (exact) mass is 376 g/mol. The Hall–Kier alpha value is -1.99. The molecule has 0 radical (unpaired) electrons. The maximum atomic E-state index is 13.6. The van der Waals surface area contributed by atoms with Crippen molar-refractivity contribution >= 4 is 17.5 Å². The quantitative estimate of drug-likeness (QED) is 0.706. The van der Waals surface area contributed by atoms with E-state index in [1.54, 1.807) is 19.1 Å². The highest BCUT2D eigenvalue weighted by atomic mass is 19.1. The second-order valence-corrected chi connectivity index (χ2v) is 7.65. The van der Waals surface area contributed by atoms with E-state index in [0.717, 1.165) is 45.3 Å². The van der Waals surface area contributed by atoms with E-state index in [0.29, 0.717) is 23.7 Å². The fourth-order valence-corrected chi connectivity index (χ4v) is 3.81. The number of nitrogens with zero attached hydrogens (tertiary/aromatic N) is 1. The van der Waals surface area contributed by atoms with Gasteiger partial charge in [-0.05, 0) is 69.3 Å². The van der Waals surface area contributed by atoms with Crippen LogP contribution in [0.4, 0.5) is 10.1 Å². The lowest BCUT2D eigenvalue weighted by Crippen LogP contribution is -2.46. The van der Waals surface area contributed by atoms with Crippen LogP contribution in [0.1, 0.15) is 31.2 Å². The van der Waals surface area contributed by atoms with Crippen molar-refractivity contribution in [3.8, 4) is 0 Å². The highest BCUT2D eigenvalue weighted by Gasteiger charge is 2.25. The summed E-state index contributed by atoms with van der Waals surface area (Å²) in [5.74, 6) is -0.0195. The molecule has 2 heterocycles. The van der Waals surface area contributed by atoms with Gasteiger partial charge in [0.15, 0.2) is 0 Å². The number of benzene rings is 1. The molecule has 0 bridgehead atoms. The lowest BCUT2D eigenvalue weighted by atomic mass is 9.98. The summed E-state index contributed by atoms with van der Waals surface area (Å²) in [4.78, 5) is 26.5.